The van der Waals surface area contributed by atoms with Crippen molar-refractivity contribution in [3.05, 3.63) is 36.4 Å². The second-order valence-corrected chi connectivity index (χ2v) is 9.64. The molecular weight excluding hydrogens is 455 g/mol. The number of pyridine rings is 1. The van der Waals surface area contributed by atoms with Crippen molar-refractivity contribution in [2.45, 2.75) is 44.9 Å². The monoisotopic (exact) mass is 484 g/mol. The lowest BCUT2D eigenvalue weighted by molar-refractivity contribution is 0.00574. The van der Waals surface area contributed by atoms with Crippen LogP contribution in [0, 0.1) is 0 Å². The Hall–Kier alpha value is -3.96. The van der Waals surface area contributed by atoms with Gasteiger partial charge in [-0.1, -0.05) is 0 Å². The molecule has 0 spiro atoms. The van der Waals surface area contributed by atoms with Gasteiger partial charge in [0, 0.05) is 50.1 Å². The molecule has 35 heavy (non-hydrogen) atoms. The average Bonchev–Trinajstić information content (AvgIpc) is 3.22. The Balaban J connectivity index is 1.54. The molecule has 0 radical (unpaired) electrons. The van der Waals surface area contributed by atoms with E-state index >= 15 is 4.39 Å². The molecule has 186 valence electrons. The van der Waals surface area contributed by atoms with Gasteiger partial charge in [-0.3, -0.25) is 4.79 Å². The lowest BCUT2D eigenvalue weighted by Crippen LogP contribution is -2.48. The molecule has 1 fully saturated rings. The summed E-state index contributed by atoms with van der Waals surface area (Å²) in [6, 6.07) is 3.40. The second-order valence-electron chi connectivity index (χ2n) is 9.64. The van der Waals surface area contributed by atoms with Gasteiger partial charge in [0.05, 0.1) is 12.2 Å². The highest BCUT2D eigenvalue weighted by atomic mass is 19.1. The van der Waals surface area contributed by atoms with E-state index in [0.29, 0.717) is 22.7 Å². The van der Waals surface area contributed by atoms with Gasteiger partial charge >= 0.3 is 6.09 Å². The van der Waals surface area contributed by atoms with E-state index in [1.54, 1.807) is 49.7 Å². The number of hydrogen-bond donors (Lipinski definition) is 3. The van der Waals surface area contributed by atoms with Crippen molar-refractivity contribution >= 4 is 29.3 Å². The van der Waals surface area contributed by atoms with Crippen LogP contribution in [0.1, 0.15) is 44.1 Å². The van der Waals surface area contributed by atoms with Gasteiger partial charge < -0.3 is 30.8 Å². The Labute approximate surface area is 201 Å². The molecule has 1 aliphatic heterocycles. The molecule has 0 aliphatic carbocycles. The SMILES string of the molecule is CC(C)(C)OC(=O)N1CCC(F)(CNc2nc(-c3ccnc(N)c3)cn3cc(C(N)=O)nc23)CC1. The van der Waals surface area contributed by atoms with Gasteiger partial charge in [0.25, 0.3) is 5.91 Å². The molecule has 5 N–H and O–H groups in total. The zero-order chi connectivity index (χ0) is 25.4. The molecule has 1 saturated heterocycles. The van der Waals surface area contributed by atoms with E-state index in [-0.39, 0.29) is 44.0 Å². The first-order valence-electron chi connectivity index (χ1n) is 11.2. The quantitative estimate of drug-likeness (QED) is 0.499. The number of likely N-dealkylation sites (tertiary alicyclic amines) is 1. The smallest absolute Gasteiger partial charge is 0.410 e. The van der Waals surface area contributed by atoms with E-state index in [0.717, 1.165) is 0 Å². The van der Waals surface area contributed by atoms with Gasteiger partial charge in [-0.2, -0.15) is 0 Å². The fourth-order valence-electron chi connectivity index (χ4n) is 3.82. The minimum absolute atomic E-state index is 0.0570. The number of nitrogens with one attached hydrogen (secondary N) is 1. The predicted molar refractivity (Wildman–Crippen MR) is 129 cm³/mol. The fourth-order valence-corrected chi connectivity index (χ4v) is 3.82. The van der Waals surface area contributed by atoms with Crippen LogP contribution in [0.5, 0.6) is 0 Å². The molecular formula is C23H29FN8O3. The summed E-state index contributed by atoms with van der Waals surface area (Å²) in [6.45, 7) is 5.79. The molecule has 4 heterocycles. The van der Waals surface area contributed by atoms with E-state index in [9.17, 15) is 9.59 Å². The topological polar surface area (TPSA) is 154 Å². The van der Waals surface area contributed by atoms with Crippen LogP contribution in [0.3, 0.4) is 0 Å². The summed E-state index contributed by atoms with van der Waals surface area (Å²) in [6.07, 6.45) is 4.55. The van der Waals surface area contributed by atoms with E-state index in [1.165, 1.54) is 11.1 Å². The minimum atomic E-state index is -1.58. The van der Waals surface area contributed by atoms with Crippen LogP contribution in [-0.2, 0) is 4.74 Å². The number of alkyl halides is 1. The van der Waals surface area contributed by atoms with E-state index < -0.39 is 23.3 Å². The average molecular weight is 485 g/mol. The van der Waals surface area contributed by atoms with Gasteiger partial charge in [-0.05, 0) is 32.9 Å². The van der Waals surface area contributed by atoms with Gasteiger partial charge in [-0.25, -0.2) is 24.1 Å². The first-order valence-corrected chi connectivity index (χ1v) is 11.2. The normalized spacial score (nSPS) is 15.7. The minimum Gasteiger partial charge on any atom is -0.444 e. The number of ether oxygens (including phenoxy) is 1. The lowest BCUT2D eigenvalue weighted by Gasteiger charge is -2.37. The number of carbonyl (C=O) groups excluding carboxylic acids is 2. The number of carbonyl (C=O) groups is 2. The number of amides is 2. The predicted octanol–water partition coefficient (Wildman–Crippen LogP) is 2.62. The van der Waals surface area contributed by atoms with Crippen molar-refractivity contribution < 1.29 is 18.7 Å². The summed E-state index contributed by atoms with van der Waals surface area (Å²) in [7, 11) is 0. The van der Waals surface area contributed by atoms with Crippen molar-refractivity contribution in [2.75, 3.05) is 30.7 Å². The molecule has 12 heteroatoms. The number of fused-ring (bicyclic) bond motifs is 1. The number of aromatic nitrogens is 4. The van der Waals surface area contributed by atoms with E-state index in [1.807, 2.05) is 0 Å². The molecule has 0 unspecified atom stereocenters. The van der Waals surface area contributed by atoms with Crippen LogP contribution in [0.25, 0.3) is 16.9 Å². The van der Waals surface area contributed by atoms with Gasteiger partial charge in [0.15, 0.2) is 11.5 Å². The lowest BCUT2D eigenvalue weighted by atomic mass is 9.93. The maximum atomic E-state index is 15.6. The molecule has 4 rings (SSSR count). The third-order valence-electron chi connectivity index (χ3n) is 5.65. The van der Waals surface area contributed by atoms with Crippen LogP contribution in [0.15, 0.2) is 30.7 Å². The van der Waals surface area contributed by atoms with E-state index in [4.69, 9.17) is 16.2 Å². The van der Waals surface area contributed by atoms with Gasteiger partial charge in [0.1, 0.15) is 22.8 Å². The zero-order valence-corrected chi connectivity index (χ0v) is 19.9. The Morgan fingerprint density at radius 1 is 1.23 bits per heavy atom. The number of primary amides is 1. The summed E-state index contributed by atoms with van der Waals surface area (Å²) in [5, 5.41) is 3.05. The Morgan fingerprint density at radius 3 is 2.57 bits per heavy atom. The van der Waals surface area contributed by atoms with Gasteiger partial charge in [-0.15, -0.1) is 0 Å². The molecule has 0 bridgehead atoms. The third kappa shape index (κ3) is 5.58. The van der Waals surface area contributed by atoms with Crippen molar-refractivity contribution in [2.24, 2.45) is 5.73 Å². The summed E-state index contributed by atoms with van der Waals surface area (Å²) in [5.41, 5.74) is 10.6. The van der Waals surface area contributed by atoms with Crippen LogP contribution >= 0.6 is 0 Å². The fraction of sp³-hybridized carbons (Fsp3) is 0.435. The molecule has 0 saturated carbocycles. The first-order chi connectivity index (χ1) is 16.4. The highest BCUT2D eigenvalue weighted by molar-refractivity contribution is 5.92. The third-order valence-corrected chi connectivity index (χ3v) is 5.65. The molecule has 2 amide bonds. The number of nitrogens with zero attached hydrogens (tertiary/aromatic N) is 5. The summed E-state index contributed by atoms with van der Waals surface area (Å²) in [4.78, 5) is 38.3. The highest BCUT2D eigenvalue weighted by Crippen LogP contribution is 2.29. The van der Waals surface area contributed by atoms with Crippen LogP contribution in [-0.4, -0.2) is 67.2 Å². The van der Waals surface area contributed by atoms with Crippen LogP contribution < -0.4 is 16.8 Å². The maximum absolute atomic E-state index is 15.6. The Morgan fingerprint density at radius 2 is 1.94 bits per heavy atom. The molecule has 3 aromatic rings. The number of nitrogen functional groups attached to an aromatic ring is 1. The largest absolute Gasteiger partial charge is 0.444 e. The number of anilines is 2. The highest BCUT2D eigenvalue weighted by Gasteiger charge is 2.37. The summed E-state index contributed by atoms with van der Waals surface area (Å²) < 4.78 is 22.6. The maximum Gasteiger partial charge on any atom is 0.410 e. The number of piperidine rings is 1. The molecule has 11 nitrogen and oxygen atoms in total. The summed E-state index contributed by atoms with van der Waals surface area (Å²) >= 11 is 0. The number of nitrogens with two attached hydrogens (primary N) is 2. The van der Waals surface area contributed by atoms with Crippen molar-refractivity contribution in [1.82, 2.24) is 24.3 Å². The van der Waals surface area contributed by atoms with Crippen molar-refractivity contribution in [3.63, 3.8) is 0 Å². The number of halogens is 1. The van der Waals surface area contributed by atoms with Crippen LogP contribution in [0.2, 0.25) is 0 Å². The Bertz CT molecular complexity index is 1260. The number of imidazole rings is 1. The van der Waals surface area contributed by atoms with Crippen molar-refractivity contribution in [3.8, 4) is 11.3 Å². The molecule has 3 aromatic heterocycles. The molecule has 0 atom stereocenters. The zero-order valence-electron chi connectivity index (χ0n) is 19.9. The van der Waals surface area contributed by atoms with Gasteiger partial charge in [0.2, 0.25) is 0 Å². The van der Waals surface area contributed by atoms with Crippen LogP contribution in [0.4, 0.5) is 20.8 Å². The van der Waals surface area contributed by atoms with Crippen molar-refractivity contribution in [1.29, 1.82) is 0 Å². The number of hydrogen-bond acceptors (Lipinski definition) is 8. The first kappa shape index (κ1) is 24.2. The molecule has 0 aromatic carbocycles. The molecule has 1 aliphatic rings. The second kappa shape index (κ2) is 9.01. The Kier molecular flexibility index (Phi) is 6.22. The standard InChI is InChI=1S/C23H29FN8O3/c1-22(2,3)35-21(34)31-8-5-23(24,6-9-31)13-28-19-20-30-16(18(26)33)12-32(20)11-15(29-19)14-4-7-27-17(25)10-14/h4,7,10-12H,5-6,8-9,13H2,1-3H3,(H2,25,27)(H2,26,33)(H,28,29). The summed E-state index contributed by atoms with van der Waals surface area (Å²) in [5.74, 6) is -0.0790. The van der Waals surface area contributed by atoms with E-state index in [2.05, 4.69) is 20.3 Å². The number of rotatable bonds is 5.